The number of carbonyl (C=O) groups excluding carboxylic acids is 1. The lowest BCUT2D eigenvalue weighted by molar-refractivity contribution is 0.0980. The molecule has 1 aliphatic heterocycles. The maximum Gasteiger partial charge on any atom is 0.276 e. The zero-order valence-electron chi connectivity index (χ0n) is 14.3. The summed E-state index contributed by atoms with van der Waals surface area (Å²) < 4.78 is 23.6. The van der Waals surface area contributed by atoms with Crippen LogP contribution in [0.15, 0.2) is 59.5 Å². The number of carbonyl (C=O) groups is 1. The predicted octanol–water partition coefficient (Wildman–Crippen LogP) is 3.23. The zero-order chi connectivity index (χ0) is 18.3. The second kappa shape index (κ2) is 6.21. The number of hydrogen-bond donors (Lipinski definition) is 0. The summed E-state index contributed by atoms with van der Waals surface area (Å²) in [5.74, 6) is -0.163. The summed E-state index contributed by atoms with van der Waals surface area (Å²) >= 11 is 0. The van der Waals surface area contributed by atoms with Crippen LogP contribution in [0, 0.1) is 0 Å². The average Bonchev–Trinajstić information content (AvgIpc) is 2.65. The Balaban J connectivity index is 1.73. The summed E-state index contributed by atoms with van der Waals surface area (Å²) in [5.41, 5.74) is 2.82. The molecule has 3 aromatic rings. The van der Waals surface area contributed by atoms with E-state index in [0.29, 0.717) is 12.2 Å². The number of aromatic nitrogens is 1. The van der Waals surface area contributed by atoms with E-state index in [0.717, 1.165) is 35.0 Å². The van der Waals surface area contributed by atoms with E-state index in [1.165, 1.54) is 6.26 Å². The number of benzene rings is 2. The Hall–Kier alpha value is -2.73. The van der Waals surface area contributed by atoms with Gasteiger partial charge in [0.1, 0.15) is 5.69 Å². The first kappa shape index (κ1) is 16.7. The van der Waals surface area contributed by atoms with E-state index in [1.54, 1.807) is 29.2 Å². The summed E-state index contributed by atoms with van der Waals surface area (Å²) in [5, 5.41) is 0.987. The molecular formula is C20H18N2O3S. The summed E-state index contributed by atoms with van der Waals surface area (Å²) in [6.45, 7) is 0.596. The molecule has 0 fully saturated rings. The summed E-state index contributed by atoms with van der Waals surface area (Å²) in [6.07, 6.45) is 2.74. The number of pyridine rings is 1. The highest BCUT2D eigenvalue weighted by Crippen LogP contribution is 2.30. The van der Waals surface area contributed by atoms with Crippen molar-refractivity contribution in [2.45, 2.75) is 17.7 Å². The monoisotopic (exact) mass is 366 g/mol. The Morgan fingerprint density at radius 2 is 1.88 bits per heavy atom. The number of amides is 1. The minimum absolute atomic E-state index is 0.163. The average molecular weight is 366 g/mol. The van der Waals surface area contributed by atoms with Gasteiger partial charge in [-0.05, 0) is 48.7 Å². The van der Waals surface area contributed by atoms with E-state index in [9.17, 15) is 13.2 Å². The maximum atomic E-state index is 13.0. The van der Waals surface area contributed by atoms with E-state index in [4.69, 9.17) is 0 Å². The zero-order valence-corrected chi connectivity index (χ0v) is 15.2. The van der Waals surface area contributed by atoms with Gasteiger partial charge in [-0.15, -0.1) is 0 Å². The van der Waals surface area contributed by atoms with Gasteiger partial charge in [0.15, 0.2) is 9.84 Å². The highest BCUT2D eigenvalue weighted by molar-refractivity contribution is 7.90. The smallest absolute Gasteiger partial charge is 0.276 e. The highest BCUT2D eigenvalue weighted by Gasteiger charge is 2.25. The van der Waals surface area contributed by atoms with Gasteiger partial charge in [-0.25, -0.2) is 13.4 Å². The number of fused-ring (bicyclic) bond motifs is 2. The van der Waals surface area contributed by atoms with Crippen molar-refractivity contribution < 1.29 is 13.2 Å². The number of rotatable bonds is 2. The van der Waals surface area contributed by atoms with Gasteiger partial charge in [0.2, 0.25) is 0 Å². The Kier molecular flexibility index (Phi) is 4.00. The van der Waals surface area contributed by atoms with E-state index in [-0.39, 0.29) is 10.8 Å². The third-order valence-corrected chi connectivity index (χ3v) is 5.77. The molecule has 1 aliphatic rings. The van der Waals surface area contributed by atoms with Gasteiger partial charge >= 0.3 is 0 Å². The van der Waals surface area contributed by atoms with Crippen LogP contribution in [0.3, 0.4) is 0 Å². The van der Waals surface area contributed by atoms with Crippen LogP contribution in [0.1, 0.15) is 22.5 Å². The number of hydrogen-bond acceptors (Lipinski definition) is 4. The molecule has 0 radical (unpaired) electrons. The molecule has 2 heterocycles. The molecule has 26 heavy (non-hydrogen) atoms. The van der Waals surface area contributed by atoms with Gasteiger partial charge in [-0.3, -0.25) is 4.79 Å². The van der Waals surface area contributed by atoms with Crippen LogP contribution in [0.5, 0.6) is 0 Å². The quantitative estimate of drug-likeness (QED) is 0.698. The second-order valence-electron chi connectivity index (χ2n) is 6.51. The highest BCUT2D eigenvalue weighted by atomic mass is 32.2. The first-order valence-electron chi connectivity index (χ1n) is 8.44. The Bertz CT molecular complexity index is 1120. The number of aryl methyl sites for hydroxylation is 1. The van der Waals surface area contributed by atoms with Crippen molar-refractivity contribution in [2.75, 3.05) is 17.7 Å². The lowest BCUT2D eigenvalue weighted by Gasteiger charge is -2.29. The van der Waals surface area contributed by atoms with Gasteiger partial charge in [-0.2, -0.15) is 0 Å². The van der Waals surface area contributed by atoms with Crippen LogP contribution >= 0.6 is 0 Å². The summed E-state index contributed by atoms with van der Waals surface area (Å²) in [6, 6.07) is 16.3. The van der Waals surface area contributed by atoms with Gasteiger partial charge in [0, 0.05) is 23.9 Å². The first-order valence-corrected chi connectivity index (χ1v) is 10.3. The Labute approximate surface area is 152 Å². The van der Waals surface area contributed by atoms with Crippen molar-refractivity contribution in [2.24, 2.45) is 0 Å². The molecule has 0 saturated heterocycles. The molecule has 0 atom stereocenters. The number of nitrogens with zero attached hydrogens (tertiary/aromatic N) is 2. The lowest BCUT2D eigenvalue weighted by Crippen LogP contribution is -2.36. The van der Waals surface area contributed by atoms with Crippen LogP contribution in [-0.4, -0.2) is 32.1 Å². The first-order chi connectivity index (χ1) is 12.4. The van der Waals surface area contributed by atoms with Crippen molar-refractivity contribution in [3.8, 4) is 0 Å². The lowest BCUT2D eigenvalue weighted by atomic mass is 10.0. The Morgan fingerprint density at radius 3 is 2.69 bits per heavy atom. The molecule has 4 rings (SSSR count). The molecular weight excluding hydrogens is 348 g/mol. The van der Waals surface area contributed by atoms with Crippen LogP contribution in [0.4, 0.5) is 5.69 Å². The number of para-hydroxylation sites is 1. The third kappa shape index (κ3) is 2.97. The van der Waals surface area contributed by atoms with Crippen molar-refractivity contribution >= 4 is 32.3 Å². The SMILES string of the molecule is CS(=O)(=O)c1ccc2c(c1)CCCN2C(=O)c1ccc2ccccc2n1. The molecule has 1 aromatic heterocycles. The molecule has 0 saturated carbocycles. The largest absolute Gasteiger partial charge is 0.307 e. The molecule has 0 unspecified atom stereocenters. The fraction of sp³-hybridized carbons (Fsp3) is 0.200. The van der Waals surface area contributed by atoms with Gasteiger partial charge in [0.25, 0.3) is 5.91 Å². The normalized spacial score (nSPS) is 14.3. The summed E-state index contributed by atoms with van der Waals surface area (Å²) in [4.78, 5) is 19.5. The predicted molar refractivity (Wildman–Crippen MR) is 101 cm³/mol. The van der Waals surface area contributed by atoms with Gasteiger partial charge in [0.05, 0.1) is 10.4 Å². The van der Waals surface area contributed by atoms with Crippen LogP contribution in [-0.2, 0) is 16.3 Å². The summed E-state index contributed by atoms with van der Waals surface area (Å²) in [7, 11) is -3.27. The van der Waals surface area contributed by atoms with E-state index < -0.39 is 9.84 Å². The van der Waals surface area contributed by atoms with Crippen molar-refractivity contribution in [1.29, 1.82) is 0 Å². The van der Waals surface area contributed by atoms with Crippen LogP contribution in [0.25, 0.3) is 10.9 Å². The molecule has 1 amide bonds. The second-order valence-corrected chi connectivity index (χ2v) is 8.53. The van der Waals surface area contributed by atoms with Gasteiger partial charge < -0.3 is 4.90 Å². The standard InChI is InChI=1S/C20H18N2O3S/c1-26(24,25)16-9-11-19-15(13-16)6-4-12-22(19)20(23)18-10-8-14-5-2-3-7-17(14)21-18/h2-3,5,7-11,13H,4,6,12H2,1H3. The molecule has 0 bridgehead atoms. The molecule has 0 spiro atoms. The number of sulfone groups is 1. The molecule has 132 valence electrons. The molecule has 2 aromatic carbocycles. The molecule has 5 nitrogen and oxygen atoms in total. The van der Waals surface area contributed by atoms with Crippen molar-refractivity contribution in [3.63, 3.8) is 0 Å². The topological polar surface area (TPSA) is 67.3 Å². The Morgan fingerprint density at radius 1 is 1.08 bits per heavy atom. The van der Waals surface area contributed by atoms with E-state index in [1.807, 2.05) is 30.3 Å². The minimum atomic E-state index is -3.27. The van der Waals surface area contributed by atoms with Crippen molar-refractivity contribution in [3.05, 3.63) is 65.9 Å². The van der Waals surface area contributed by atoms with E-state index in [2.05, 4.69) is 4.98 Å². The third-order valence-electron chi connectivity index (χ3n) is 4.66. The fourth-order valence-corrected chi connectivity index (χ4v) is 4.01. The number of anilines is 1. The van der Waals surface area contributed by atoms with Gasteiger partial charge in [-0.1, -0.05) is 24.3 Å². The van der Waals surface area contributed by atoms with E-state index >= 15 is 0 Å². The molecule has 0 N–H and O–H groups in total. The maximum absolute atomic E-state index is 13.0. The fourth-order valence-electron chi connectivity index (χ4n) is 3.34. The van der Waals surface area contributed by atoms with Crippen molar-refractivity contribution in [1.82, 2.24) is 4.98 Å². The minimum Gasteiger partial charge on any atom is -0.307 e. The van der Waals surface area contributed by atoms with Crippen LogP contribution in [0.2, 0.25) is 0 Å². The van der Waals surface area contributed by atoms with Crippen LogP contribution < -0.4 is 4.90 Å². The molecule has 6 heteroatoms. The molecule has 0 aliphatic carbocycles.